The van der Waals surface area contributed by atoms with E-state index >= 15 is 0 Å². The predicted octanol–water partition coefficient (Wildman–Crippen LogP) is 3.83. The molecule has 0 saturated heterocycles. The van der Waals surface area contributed by atoms with Crippen molar-refractivity contribution in [2.45, 2.75) is 11.8 Å². The van der Waals surface area contributed by atoms with Gasteiger partial charge in [0.25, 0.3) is 15.9 Å². The Morgan fingerprint density at radius 3 is 2.37 bits per heavy atom. The van der Waals surface area contributed by atoms with Crippen LogP contribution in [0.4, 0.5) is 11.4 Å². The van der Waals surface area contributed by atoms with Gasteiger partial charge in [-0.15, -0.1) is 0 Å². The van der Waals surface area contributed by atoms with Gasteiger partial charge in [-0.2, -0.15) is 0 Å². The van der Waals surface area contributed by atoms with Gasteiger partial charge in [0.1, 0.15) is 0 Å². The smallest absolute Gasteiger partial charge is 0.339 e. The first kappa shape index (κ1) is 21.1. The first-order valence-corrected chi connectivity index (χ1v) is 10.5. The Morgan fingerprint density at radius 1 is 0.900 bits per heavy atom. The zero-order chi connectivity index (χ0) is 21.7. The molecule has 0 spiro atoms. The summed E-state index contributed by atoms with van der Waals surface area (Å²) in [4.78, 5) is 24.5. The summed E-state index contributed by atoms with van der Waals surface area (Å²) in [6.45, 7) is 1.86. The van der Waals surface area contributed by atoms with Crippen LogP contribution in [-0.4, -0.2) is 27.4 Å². The summed E-state index contributed by atoms with van der Waals surface area (Å²) in [5.74, 6) is -1.15. The third-order valence-electron chi connectivity index (χ3n) is 4.26. The first-order valence-electron chi connectivity index (χ1n) is 8.98. The fourth-order valence-electron chi connectivity index (χ4n) is 2.80. The number of benzene rings is 3. The molecule has 0 aliphatic rings. The molecule has 2 N–H and O–H groups in total. The fourth-order valence-corrected chi connectivity index (χ4v) is 3.90. The van der Waals surface area contributed by atoms with Crippen molar-refractivity contribution >= 4 is 33.3 Å². The molecule has 3 aromatic rings. The molecule has 0 radical (unpaired) electrons. The quantitative estimate of drug-likeness (QED) is 0.586. The van der Waals surface area contributed by atoms with Gasteiger partial charge < -0.3 is 10.1 Å². The number of nitrogens with one attached hydrogen (secondary N) is 2. The number of carbonyl (C=O) groups excluding carboxylic acids is 2. The molecule has 0 aliphatic heterocycles. The number of rotatable bonds is 6. The second kappa shape index (κ2) is 8.79. The van der Waals surface area contributed by atoms with E-state index in [0.29, 0.717) is 5.69 Å². The summed E-state index contributed by atoms with van der Waals surface area (Å²) in [5.41, 5.74) is 1.92. The van der Waals surface area contributed by atoms with E-state index in [-0.39, 0.29) is 21.7 Å². The van der Waals surface area contributed by atoms with Gasteiger partial charge in [-0.1, -0.05) is 30.3 Å². The van der Waals surface area contributed by atoms with Crippen molar-refractivity contribution in [3.63, 3.8) is 0 Å². The molecule has 3 aromatic carbocycles. The average Bonchev–Trinajstić information content (AvgIpc) is 2.73. The van der Waals surface area contributed by atoms with Crippen LogP contribution in [0.2, 0.25) is 0 Å². The molecule has 154 valence electrons. The van der Waals surface area contributed by atoms with Crippen molar-refractivity contribution in [3.05, 3.63) is 89.5 Å². The van der Waals surface area contributed by atoms with Crippen LogP contribution in [0.5, 0.6) is 0 Å². The minimum atomic E-state index is -3.89. The third-order valence-corrected chi connectivity index (χ3v) is 5.64. The molecule has 3 rings (SSSR count). The highest BCUT2D eigenvalue weighted by molar-refractivity contribution is 7.92. The van der Waals surface area contributed by atoms with Crippen molar-refractivity contribution in [2.75, 3.05) is 17.1 Å². The van der Waals surface area contributed by atoms with Gasteiger partial charge in [0, 0.05) is 11.3 Å². The largest absolute Gasteiger partial charge is 0.465 e. The normalized spacial score (nSPS) is 10.9. The van der Waals surface area contributed by atoms with Gasteiger partial charge in [0.2, 0.25) is 0 Å². The van der Waals surface area contributed by atoms with Crippen molar-refractivity contribution in [3.8, 4) is 0 Å². The Morgan fingerprint density at radius 2 is 1.63 bits per heavy atom. The number of esters is 1. The van der Waals surface area contributed by atoms with Gasteiger partial charge in [-0.05, 0) is 55.0 Å². The SMILES string of the molecule is COC(=O)c1ccccc1NC(=O)c1cccc(S(=O)(=O)Nc2cccc(C)c2)c1. The van der Waals surface area contributed by atoms with E-state index in [9.17, 15) is 18.0 Å². The van der Waals surface area contributed by atoms with E-state index in [1.54, 1.807) is 36.4 Å². The maximum absolute atomic E-state index is 12.7. The Bertz CT molecular complexity index is 1210. The number of anilines is 2. The van der Waals surface area contributed by atoms with Gasteiger partial charge in [0.15, 0.2) is 0 Å². The topological polar surface area (TPSA) is 102 Å². The second-order valence-electron chi connectivity index (χ2n) is 6.49. The number of methoxy groups -OCH3 is 1. The number of carbonyl (C=O) groups is 2. The van der Waals surface area contributed by atoms with Crippen LogP contribution >= 0.6 is 0 Å². The molecule has 1 amide bonds. The summed E-state index contributed by atoms with van der Waals surface area (Å²) in [6, 6.07) is 19.0. The molecule has 0 bridgehead atoms. The second-order valence-corrected chi connectivity index (χ2v) is 8.18. The van der Waals surface area contributed by atoms with Gasteiger partial charge >= 0.3 is 5.97 Å². The maximum atomic E-state index is 12.7. The number of hydrogen-bond donors (Lipinski definition) is 2. The molecule has 30 heavy (non-hydrogen) atoms. The van der Waals surface area contributed by atoms with Crippen LogP contribution in [0.1, 0.15) is 26.3 Å². The molecule has 0 saturated carbocycles. The van der Waals surface area contributed by atoms with Gasteiger partial charge in [-0.3, -0.25) is 9.52 Å². The van der Waals surface area contributed by atoms with E-state index in [4.69, 9.17) is 4.74 Å². The predicted molar refractivity (Wildman–Crippen MR) is 114 cm³/mol. The van der Waals surface area contributed by atoms with Gasteiger partial charge in [-0.25, -0.2) is 13.2 Å². The molecule has 0 unspecified atom stereocenters. The van der Waals surface area contributed by atoms with Gasteiger partial charge in [0.05, 0.1) is 23.3 Å². The van der Waals surface area contributed by atoms with Crippen molar-refractivity contribution < 1.29 is 22.7 Å². The molecular weight excluding hydrogens is 404 g/mol. The molecule has 0 fully saturated rings. The summed E-state index contributed by atoms with van der Waals surface area (Å²) in [5, 5.41) is 2.62. The highest BCUT2D eigenvalue weighted by Crippen LogP contribution is 2.20. The van der Waals surface area contributed by atoms with Crippen LogP contribution in [0.3, 0.4) is 0 Å². The van der Waals surface area contributed by atoms with E-state index in [2.05, 4.69) is 10.0 Å². The number of ether oxygens (including phenoxy) is 1. The molecule has 0 atom stereocenters. The number of para-hydroxylation sites is 1. The number of sulfonamides is 1. The first-order chi connectivity index (χ1) is 14.3. The Hall–Kier alpha value is -3.65. The highest BCUT2D eigenvalue weighted by Gasteiger charge is 2.18. The molecule has 8 heteroatoms. The van der Waals surface area contributed by atoms with Crippen LogP contribution in [0.15, 0.2) is 77.7 Å². The Kier molecular flexibility index (Phi) is 6.17. The Balaban J connectivity index is 1.85. The zero-order valence-electron chi connectivity index (χ0n) is 16.4. The lowest BCUT2D eigenvalue weighted by Crippen LogP contribution is -2.17. The summed E-state index contributed by atoms with van der Waals surface area (Å²) in [7, 11) is -2.64. The third kappa shape index (κ3) is 4.84. The molecule has 0 aromatic heterocycles. The maximum Gasteiger partial charge on any atom is 0.339 e. The monoisotopic (exact) mass is 424 g/mol. The van der Waals surface area contributed by atoms with E-state index < -0.39 is 21.9 Å². The number of hydrogen-bond acceptors (Lipinski definition) is 5. The van der Waals surface area contributed by atoms with Crippen LogP contribution in [0, 0.1) is 6.92 Å². The lowest BCUT2D eigenvalue weighted by molar-refractivity contribution is 0.0602. The lowest BCUT2D eigenvalue weighted by atomic mass is 10.1. The van der Waals surface area contributed by atoms with Crippen LogP contribution in [0.25, 0.3) is 0 Å². The number of amides is 1. The average molecular weight is 424 g/mol. The molecule has 0 aliphatic carbocycles. The van der Waals surface area contributed by atoms with Crippen LogP contribution < -0.4 is 10.0 Å². The number of aryl methyl sites for hydroxylation is 1. The molecular formula is C22H20N2O5S. The highest BCUT2D eigenvalue weighted by atomic mass is 32.2. The molecule has 7 nitrogen and oxygen atoms in total. The molecule has 0 heterocycles. The summed E-state index contributed by atoms with van der Waals surface area (Å²) in [6.07, 6.45) is 0. The summed E-state index contributed by atoms with van der Waals surface area (Å²) < 4.78 is 32.7. The standard InChI is InChI=1S/C22H20N2O5S/c1-15-7-5-9-17(13-15)24-30(27,28)18-10-6-8-16(14-18)21(25)23-20-12-4-3-11-19(20)22(26)29-2/h3-14,24H,1-2H3,(H,23,25). The zero-order valence-corrected chi connectivity index (χ0v) is 17.2. The van der Waals surface area contributed by atoms with E-state index in [1.807, 2.05) is 13.0 Å². The van der Waals surface area contributed by atoms with Crippen molar-refractivity contribution in [2.24, 2.45) is 0 Å². The van der Waals surface area contributed by atoms with Crippen molar-refractivity contribution in [1.29, 1.82) is 0 Å². The fraction of sp³-hybridized carbons (Fsp3) is 0.0909. The van der Waals surface area contributed by atoms with Crippen LogP contribution in [-0.2, 0) is 14.8 Å². The van der Waals surface area contributed by atoms with E-state index in [0.717, 1.165) is 5.56 Å². The minimum absolute atomic E-state index is 0.0575. The Labute approximate surface area is 174 Å². The van der Waals surface area contributed by atoms with E-state index in [1.165, 1.54) is 37.4 Å². The lowest BCUT2D eigenvalue weighted by Gasteiger charge is -2.11. The summed E-state index contributed by atoms with van der Waals surface area (Å²) >= 11 is 0. The van der Waals surface area contributed by atoms with Crippen molar-refractivity contribution in [1.82, 2.24) is 0 Å². The minimum Gasteiger partial charge on any atom is -0.465 e.